The van der Waals surface area contributed by atoms with Crippen molar-refractivity contribution in [2.24, 2.45) is 0 Å². The molecule has 0 aliphatic carbocycles. The van der Waals surface area contributed by atoms with Crippen LogP contribution in [0, 0.1) is 0 Å². The highest BCUT2D eigenvalue weighted by atomic mass is 79.9. The minimum Gasteiger partial charge on any atom is -0.483 e. The summed E-state index contributed by atoms with van der Waals surface area (Å²) < 4.78 is 6.51. The Bertz CT molecular complexity index is 1170. The van der Waals surface area contributed by atoms with Crippen LogP contribution in [-0.2, 0) is 10.2 Å². The van der Waals surface area contributed by atoms with Crippen LogP contribution in [-0.4, -0.2) is 18.4 Å². The van der Waals surface area contributed by atoms with E-state index in [1.165, 1.54) is 11.1 Å². The lowest BCUT2D eigenvalue weighted by Crippen LogP contribution is -2.20. The molecule has 0 saturated carbocycles. The predicted molar refractivity (Wildman–Crippen MR) is 147 cm³/mol. The van der Waals surface area contributed by atoms with Crippen molar-refractivity contribution in [2.75, 3.05) is 17.2 Å². The monoisotopic (exact) mass is 536 g/mol. The number of ether oxygens (including phenoxy) is 1. The van der Waals surface area contributed by atoms with Gasteiger partial charge in [-0.2, -0.15) is 0 Å². The predicted octanol–water partition coefficient (Wildman–Crippen LogP) is 7.53. The topological polar surface area (TPSA) is 67.4 Å². The summed E-state index contributed by atoms with van der Waals surface area (Å²) in [6.07, 6.45) is 1.06. The molecule has 0 spiro atoms. The van der Waals surface area contributed by atoms with Gasteiger partial charge in [-0.1, -0.05) is 52.8 Å². The molecule has 35 heavy (non-hydrogen) atoms. The van der Waals surface area contributed by atoms with E-state index in [0.717, 1.165) is 10.9 Å². The van der Waals surface area contributed by atoms with Crippen LogP contribution in [0.15, 0.2) is 71.2 Å². The lowest BCUT2D eigenvalue weighted by atomic mass is 9.87. The van der Waals surface area contributed by atoms with Gasteiger partial charge < -0.3 is 15.4 Å². The summed E-state index contributed by atoms with van der Waals surface area (Å²) >= 11 is 3.53. The molecule has 1 unspecified atom stereocenters. The van der Waals surface area contributed by atoms with Gasteiger partial charge in [-0.3, -0.25) is 9.59 Å². The minimum absolute atomic E-state index is 0.0365. The third-order valence-corrected chi connectivity index (χ3v) is 6.56. The van der Waals surface area contributed by atoms with E-state index < -0.39 is 0 Å². The van der Waals surface area contributed by atoms with Crippen molar-refractivity contribution in [3.63, 3.8) is 0 Å². The molecule has 6 heteroatoms. The van der Waals surface area contributed by atoms with Gasteiger partial charge in [0.05, 0.1) is 4.47 Å². The van der Waals surface area contributed by atoms with E-state index in [2.05, 4.69) is 61.2 Å². The number of benzene rings is 3. The number of carbonyl (C=O) groups is 2. The van der Waals surface area contributed by atoms with Crippen molar-refractivity contribution in [1.82, 2.24) is 0 Å². The van der Waals surface area contributed by atoms with Crippen LogP contribution >= 0.6 is 15.9 Å². The zero-order chi connectivity index (χ0) is 25.6. The summed E-state index contributed by atoms with van der Waals surface area (Å²) in [5.74, 6) is 0.644. The molecule has 0 aliphatic heterocycles. The van der Waals surface area contributed by atoms with Crippen LogP contribution in [0.5, 0.6) is 5.75 Å². The zero-order valence-corrected chi connectivity index (χ0v) is 22.5. The van der Waals surface area contributed by atoms with E-state index in [4.69, 9.17) is 4.74 Å². The average molecular weight is 537 g/mol. The molecule has 3 aromatic rings. The van der Waals surface area contributed by atoms with Crippen molar-refractivity contribution in [1.29, 1.82) is 0 Å². The molecule has 0 saturated heterocycles. The fourth-order valence-corrected chi connectivity index (χ4v) is 3.99. The molecule has 0 bridgehead atoms. The third kappa shape index (κ3) is 7.43. The van der Waals surface area contributed by atoms with Crippen LogP contribution in [0.3, 0.4) is 0 Å². The van der Waals surface area contributed by atoms with E-state index in [0.29, 0.717) is 28.6 Å². The van der Waals surface area contributed by atoms with E-state index in [-0.39, 0.29) is 23.8 Å². The van der Waals surface area contributed by atoms with Gasteiger partial charge in [0, 0.05) is 16.9 Å². The van der Waals surface area contributed by atoms with Gasteiger partial charge in [-0.25, -0.2) is 0 Å². The van der Waals surface area contributed by atoms with Crippen molar-refractivity contribution in [2.45, 2.75) is 52.4 Å². The standard InChI is InChI=1S/C29H33BrN2O3/c1-6-19(2)21-9-16-26(25(30)17-21)35-18-27(33)31-23-12-14-24(15-13-23)32-28(34)20-7-10-22(11-8-20)29(3,4)5/h7-17,19H,6,18H2,1-5H3,(H,31,33)(H,32,34). The highest BCUT2D eigenvalue weighted by Gasteiger charge is 2.15. The van der Waals surface area contributed by atoms with Crippen molar-refractivity contribution < 1.29 is 14.3 Å². The summed E-state index contributed by atoms with van der Waals surface area (Å²) in [5.41, 5.74) is 4.30. The van der Waals surface area contributed by atoms with E-state index >= 15 is 0 Å². The van der Waals surface area contributed by atoms with Crippen LogP contribution < -0.4 is 15.4 Å². The van der Waals surface area contributed by atoms with Gasteiger partial charge in [0.25, 0.3) is 11.8 Å². The highest BCUT2D eigenvalue weighted by molar-refractivity contribution is 9.10. The molecular formula is C29H33BrN2O3. The normalized spacial score (nSPS) is 12.1. The molecule has 0 aromatic heterocycles. The second kappa shape index (κ2) is 11.5. The number of nitrogens with one attached hydrogen (secondary N) is 2. The maximum atomic E-state index is 12.6. The van der Waals surface area contributed by atoms with Crippen molar-refractivity contribution in [3.8, 4) is 5.75 Å². The molecule has 0 aliphatic rings. The molecule has 2 N–H and O–H groups in total. The second-order valence-electron chi connectivity index (χ2n) is 9.69. The number of anilines is 2. The largest absolute Gasteiger partial charge is 0.483 e. The summed E-state index contributed by atoms with van der Waals surface area (Å²) in [4.78, 5) is 24.9. The molecule has 184 valence electrons. The van der Waals surface area contributed by atoms with E-state index in [9.17, 15) is 9.59 Å². The molecule has 1 atom stereocenters. The van der Waals surface area contributed by atoms with E-state index in [1.54, 1.807) is 24.3 Å². The molecular weight excluding hydrogens is 504 g/mol. The number of hydrogen-bond acceptors (Lipinski definition) is 3. The molecule has 2 amide bonds. The smallest absolute Gasteiger partial charge is 0.262 e. The Kier molecular flexibility index (Phi) is 8.73. The number of hydrogen-bond donors (Lipinski definition) is 2. The van der Waals surface area contributed by atoms with Crippen molar-refractivity contribution in [3.05, 3.63) is 87.9 Å². The Balaban J connectivity index is 1.52. The fourth-order valence-electron chi connectivity index (χ4n) is 3.48. The average Bonchev–Trinajstić information content (AvgIpc) is 2.83. The third-order valence-electron chi connectivity index (χ3n) is 5.94. The Labute approximate surface area is 216 Å². The molecule has 0 radical (unpaired) electrons. The van der Waals surface area contributed by atoms with Crippen LogP contribution in [0.2, 0.25) is 0 Å². The van der Waals surface area contributed by atoms with Crippen LogP contribution in [0.4, 0.5) is 11.4 Å². The number of halogens is 1. The Morgan fingerprint density at radius 1 is 0.914 bits per heavy atom. The van der Waals surface area contributed by atoms with Gasteiger partial charge in [-0.05, 0) is 93.3 Å². The Morgan fingerprint density at radius 2 is 1.51 bits per heavy atom. The first kappa shape index (κ1) is 26.5. The number of rotatable bonds is 8. The molecule has 5 nitrogen and oxygen atoms in total. The fraction of sp³-hybridized carbons (Fsp3) is 0.310. The number of carbonyl (C=O) groups excluding carboxylic acids is 2. The van der Waals surface area contributed by atoms with Gasteiger partial charge in [-0.15, -0.1) is 0 Å². The summed E-state index contributed by atoms with van der Waals surface area (Å²) in [7, 11) is 0. The Hall–Kier alpha value is -3.12. The SMILES string of the molecule is CCC(C)c1ccc(OCC(=O)Nc2ccc(NC(=O)c3ccc(C(C)(C)C)cc3)cc2)c(Br)c1. The first-order valence-electron chi connectivity index (χ1n) is 11.8. The first-order valence-corrected chi connectivity index (χ1v) is 12.6. The lowest BCUT2D eigenvalue weighted by molar-refractivity contribution is -0.118. The van der Waals surface area contributed by atoms with E-state index in [1.807, 2.05) is 42.5 Å². The van der Waals surface area contributed by atoms with Gasteiger partial charge in [0.1, 0.15) is 5.75 Å². The number of amides is 2. The summed E-state index contributed by atoms with van der Waals surface area (Å²) in [6.45, 7) is 10.6. The summed E-state index contributed by atoms with van der Waals surface area (Å²) in [5, 5.41) is 5.70. The Morgan fingerprint density at radius 3 is 2.06 bits per heavy atom. The quantitative estimate of drug-likeness (QED) is 0.312. The maximum Gasteiger partial charge on any atom is 0.262 e. The zero-order valence-electron chi connectivity index (χ0n) is 20.9. The van der Waals surface area contributed by atoms with Crippen LogP contribution in [0.1, 0.15) is 68.4 Å². The molecule has 0 fully saturated rings. The van der Waals surface area contributed by atoms with Gasteiger partial charge in [0.2, 0.25) is 0 Å². The van der Waals surface area contributed by atoms with Gasteiger partial charge >= 0.3 is 0 Å². The van der Waals surface area contributed by atoms with Crippen molar-refractivity contribution >= 4 is 39.1 Å². The second-order valence-corrected chi connectivity index (χ2v) is 10.5. The molecule has 3 rings (SSSR count). The van der Waals surface area contributed by atoms with Gasteiger partial charge in [0.15, 0.2) is 6.61 Å². The minimum atomic E-state index is -0.265. The maximum absolute atomic E-state index is 12.6. The lowest BCUT2D eigenvalue weighted by Gasteiger charge is -2.19. The molecule has 3 aromatic carbocycles. The first-order chi connectivity index (χ1) is 16.6. The summed E-state index contributed by atoms with van der Waals surface area (Å²) in [6, 6.07) is 20.6. The highest BCUT2D eigenvalue weighted by Crippen LogP contribution is 2.30. The molecule has 0 heterocycles. The van der Waals surface area contributed by atoms with Crippen LogP contribution in [0.25, 0.3) is 0 Å².